The smallest absolute Gasteiger partial charge is 0.127 e. The molecule has 2 rings (SSSR count). The molecule has 0 bridgehead atoms. The summed E-state index contributed by atoms with van der Waals surface area (Å²) < 4.78 is 5.69. The van der Waals surface area contributed by atoms with Gasteiger partial charge >= 0.3 is 0 Å². The second-order valence-corrected chi connectivity index (χ2v) is 5.87. The predicted octanol–water partition coefficient (Wildman–Crippen LogP) is 4.38. The van der Waals surface area contributed by atoms with E-state index in [2.05, 4.69) is 55.9 Å². The van der Waals surface area contributed by atoms with Gasteiger partial charge in [-0.2, -0.15) is 11.3 Å². The Morgan fingerprint density at radius 1 is 1.10 bits per heavy atom. The molecule has 1 atom stereocenters. The van der Waals surface area contributed by atoms with Crippen molar-refractivity contribution in [3.63, 3.8) is 0 Å². The first kappa shape index (κ1) is 15.1. The Hall–Kier alpha value is -1.32. The van der Waals surface area contributed by atoms with Crippen molar-refractivity contribution in [3.05, 3.63) is 50.7 Å². The Morgan fingerprint density at radius 2 is 1.85 bits per heavy atom. The third kappa shape index (κ3) is 2.74. The first-order valence-electron chi connectivity index (χ1n) is 7.00. The van der Waals surface area contributed by atoms with Crippen molar-refractivity contribution < 1.29 is 4.74 Å². The lowest BCUT2D eigenvalue weighted by Gasteiger charge is -2.23. The number of benzene rings is 1. The van der Waals surface area contributed by atoms with Gasteiger partial charge in [-0.3, -0.25) is 0 Å². The van der Waals surface area contributed by atoms with Crippen LogP contribution < -0.4 is 10.1 Å². The number of aryl methyl sites for hydroxylation is 2. The molecule has 0 saturated carbocycles. The van der Waals surface area contributed by atoms with E-state index in [0.29, 0.717) is 0 Å². The number of nitrogens with one attached hydrogen (secondary N) is 1. The molecular weight excluding hydrogens is 266 g/mol. The van der Waals surface area contributed by atoms with Gasteiger partial charge in [-0.1, -0.05) is 19.1 Å². The van der Waals surface area contributed by atoms with Crippen molar-refractivity contribution in [2.75, 3.05) is 13.7 Å². The second kappa shape index (κ2) is 6.42. The Kier molecular flexibility index (Phi) is 4.84. The molecule has 1 N–H and O–H groups in total. The highest BCUT2D eigenvalue weighted by atomic mass is 32.1. The standard InChI is InChI=1S/C17H23NOS/c1-6-18-16(15-10-20-9-12(15)3)14-8-7-11(2)13(4)17(14)19-5/h7-10,16,18H,6H2,1-5H3. The van der Waals surface area contributed by atoms with Crippen molar-refractivity contribution in [2.45, 2.75) is 33.7 Å². The van der Waals surface area contributed by atoms with Crippen molar-refractivity contribution >= 4 is 11.3 Å². The fourth-order valence-corrected chi connectivity index (χ4v) is 3.44. The first-order valence-corrected chi connectivity index (χ1v) is 7.94. The van der Waals surface area contributed by atoms with Crippen LogP contribution in [0.25, 0.3) is 0 Å². The quantitative estimate of drug-likeness (QED) is 0.882. The monoisotopic (exact) mass is 289 g/mol. The molecule has 0 saturated heterocycles. The van der Waals surface area contributed by atoms with Gasteiger partial charge in [0.25, 0.3) is 0 Å². The van der Waals surface area contributed by atoms with Gasteiger partial charge in [-0.25, -0.2) is 0 Å². The van der Waals surface area contributed by atoms with Crippen LogP contribution in [-0.2, 0) is 0 Å². The minimum atomic E-state index is 0.195. The topological polar surface area (TPSA) is 21.3 Å². The maximum Gasteiger partial charge on any atom is 0.127 e. The molecule has 1 aromatic carbocycles. The van der Waals surface area contributed by atoms with Crippen LogP contribution in [0.15, 0.2) is 22.9 Å². The Balaban J connectivity index is 2.56. The van der Waals surface area contributed by atoms with Crippen LogP contribution in [0, 0.1) is 20.8 Å². The molecular formula is C17H23NOS. The highest BCUT2D eigenvalue weighted by Gasteiger charge is 2.21. The molecule has 108 valence electrons. The molecule has 0 spiro atoms. The summed E-state index contributed by atoms with van der Waals surface area (Å²) in [6, 6.07) is 4.56. The van der Waals surface area contributed by atoms with Crippen LogP contribution in [0.3, 0.4) is 0 Å². The van der Waals surface area contributed by atoms with Crippen molar-refractivity contribution in [2.24, 2.45) is 0 Å². The molecule has 20 heavy (non-hydrogen) atoms. The van der Waals surface area contributed by atoms with Gasteiger partial charge < -0.3 is 10.1 Å². The summed E-state index contributed by atoms with van der Waals surface area (Å²) in [7, 11) is 1.76. The predicted molar refractivity (Wildman–Crippen MR) is 87.0 cm³/mol. The van der Waals surface area contributed by atoms with Crippen molar-refractivity contribution in [3.8, 4) is 5.75 Å². The molecule has 1 heterocycles. The highest BCUT2D eigenvalue weighted by molar-refractivity contribution is 7.08. The van der Waals surface area contributed by atoms with Gasteiger partial charge in [-0.15, -0.1) is 0 Å². The molecule has 0 aliphatic heterocycles. The largest absolute Gasteiger partial charge is 0.496 e. The molecule has 1 unspecified atom stereocenters. The minimum absolute atomic E-state index is 0.195. The molecule has 0 aliphatic carbocycles. The molecule has 2 aromatic rings. The highest BCUT2D eigenvalue weighted by Crippen LogP contribution is 2.36. The van der Waals surface area contributed by atoms with Gasteiger partial charge in [0, 0.05) is 5.56 Å². The van der Waals surface area contributed by atoms with E-state index in [0.717, 1.165) is 12.3 Å². The average Bonchev–Trinajstić information content (AvgIpc) is 2.85. The van der Waals surface area contributed by atoms with Gasteiger partial charge in [-0.05, 0) is 60.3 Å². The van der Waals surface area contributed by atoms with Crippen molar-refractivity contribution in [1.29, 1.82) is 0 Å². The summed E-state index contributed by atoms with van der Waals surface area (Å²) in [4.78, 5) is 0. The summed E-state index contributed by atoms with van der Waals surface area (Å²) in [5, 5.41) is 8.03. The third-order valence-electron chi connectivity index (χ3n) is 3.84. The zero-order valence-electron chi connectivity index (χ0n) is 12.9. The molecule has 1 aromatic heterocycles. The fraction of sp³-hybridized carbons (Fsp3) is 0.412. The lowest BCUT2D eigenvalue weighted by atomic mass is 9.94. The number of rotatable bonds is 5. The Labute approximate surface area is 125 Å². The molecule has 0 amide bonds. The zero-order valence-corrected chi connectivity index (χ0v) is 13.7. The first-order chi connectivity index (χ1) is 9.60. The van der Waals surface area contributed by atoms with E-state index in [1.54, 1.807) is 18.4 Å². The van der Waals surface area contributed by atoms with Gasteiger partial charge in [0.15, 0.2) is 0 Å². The SMILES string of the molecule is CCNC(c1cscc1C)c1ccc(C)c(C)c1OC. The summed E-state index contributed by atoms with van der Waals surface area (Å²) in [5.74, 6) is 1.00. The van der Waals surface area contributed by atoms with Gasteiger partial charge in [0.1, 0.15) is 5.75 Å². The number of hydrogen-bond donors (Lipinski definition) is 1. The summed E-state index contributed by atoms with van der Waals surface area (Å²) >= 11 is 1.76. The number of methoxy groups -OCH3 is 1. The maximum absolute atomic E-state index is 5.69. The lowest BCUT2D eigenvalue weighted by Crippen LogP contribution is -2.23. The number of thiophene rings is 1. The van der Waals surface area contributed by atoms with Gasteiger partial charge in [0.2, 0.25) is 0 Å². The van der Waals surface area contributed by atoms with Gasteiger partial charge in [0.05, 0.1) is 13.2 Å². The maximum atomic E-state index is 5.69. The van der Waals surface area contributed by atoms with Crippen LogP contribution in [0.5, 0.6) is 5.75 Å². The van der Waals surface area contributed by atoms with E-state index >= 15 is 0 Å². The van der Waals surface area contributed by atoms with Crippen LogP contribution >= 0.6 is 11.3 Å². The Bertz CT molecular complexity index is 589. The number of hydrogen-bond acceptors (Lipinski definition) is 3. The van der Waals surface area contributed by atoms with E-state index in [9.17, 15) is 0 Å². The van der Waals surface area contributed by atoms with Crippen LogP contribution in [-0.4, -0.2) is 13.7 Å². The van der Waals surface area contributed by atoms with E-state index in [4.69, 9.17) is 4.74 Å². The Morgan fingerprint density at radius 3 is 2.40 bits per heavy atom. The lowest BCUT2D eigenvalue weighted by molar-refractivity contribution is 0.401. The second-order valence-electron chi connectivity index (χ2n) is 5.13. The van der Waals surface area contributed by atoms with Crippen LogP contribution in [0.2, 0.25) is 0 Å². The molecule has 0 radical (unpaired) electrons. The summed E-state index contributed by atoms with van der Waals surface area (Å²) in [6.45, 7) is 9.49. The van der Waals surface area contributed by atoms with E-state index in [1.807, 2.05) is 0 Å². The molecule has 0 fully saturated rings. The minimum Gasteiger partial charge on any atom is -0.496 e. The molecule has 0 aliphatic rings. The normalized spacial score (nSPS) is 12.4. The van der Waals surface area contributed by atoms with Crippen molar-refractivity contribution in [1.82, 2.24) is 5.32 Å². The number of ether oxygens (including phenoxy) is 1. The van der Waals surface area contributed by atoms with E-state index in [1.165, 1.54) is 27.8 Å². The molecule has 2 nitrogen and oxygen atoms in total. The van der Waals surface area contributed by atoms with Crippen LogP contribution in [0.4, 0.5) is 0 Å². The summed E-state index contributed by atoms with van der Waals surface area (Å²) in [5.41, 5.74) is 6.39. The summed E-state index contributed by atoms with van der Waals surface area (Å²) in [6.07, 6.45) is 0. The fourth-order valence-electron chi connectivity index (χ4n) is 2.57. The van der Waals surface area contributed by atoms with E-state index in [-0.39, 0.29) is 6.04 Å². The average molecular weight is 289 g/mol. The zero-order chi connectivity index (χ0) is 14.7. The van der Waals surface area contributed by atoms with E-state index < -0.39 is 0 Å². The molecule has 3 heteroatoms. The van der Waals surface area contributed by atoms with Crippen LogP contribution in [0.1, 0.15) is 40.8 Å². The third-order valence-corrected chi connectivity index (χ3v) is 4.72.